The lowest BCUT2D eigenvalue weighted by molar-refractivity contribution is 1.13. The Hall–Kier alpha value is 0.310. The van der Waals surface area contributed by atoms with Crippen LogP contribution in [0.3, 0.4) is 0 Å². The van der Waals surface area contributed by atoms with Crippen molar-refractivity contribution in [2.75, 3.05) is 0 Å². The number of aryl methyl sites for hydroxylation is 1. The van der Waals surface area contributed by atoms with E-state index in [-0.39, 0.29) is 0 Å². The van der Waals surface area contributed by atoms with E-state index in [4.69, 9.17) is 46.4 Å². The summed E-state index contributed by atoms with van der Waals surface area (Å²) in [7, 11) is 0. The van der Waals surface area contributed by atoms with Crippen molar-refractivity contribution in [2.24, 2.45) is 0 Å². The van der Waals surface area contributed by atoms with E-state index in [2.05, 4.69) is 4.98 Å². The van der Waals surface area contributed by atoms with E-state index >= 15 is 0 Å². The average molecular weight is 245 g/mol. The number of nitrogens with zero attached hydrogens (tertiary/aromatic N) is 1. The largest absolute Gasteiger partial charge is 0.241 e. The Morgan fingerprint density at radius 1 is 1.25 bits per heavy atom. The number of pyridine rings is 1. The van der Waals surface area contributed by atoms with Crippen molar-refractivity contribution in [1.29, 1.82) is 0 Å². The van der Waals surface area contributed by atoms with Gasteiger partial charge in [-0.3, -0.25) is 0 Å². The number of alkyl halides is 3. The first kappa shape index (κ1) is 10.4. The van der Waals surface area contributed by atoms with E-state index in [9.17, 15) is 0 Å². The van der Waals surface area contributed by atoms with Gasteiger partial charge < -0.3 is 0 Å². The van der Waals surface area contributed by atoms with Gasteiger partial charge >= 0.3 is 0 Å². The average Bonchev–Trinajstić information content (AvgIpc) is 1.82. The van der Waals surface area contributed by atoms with Crippen LogP contribution in [0.25, 0.3) is 0 Å². The fourth-order valence-electron chi connectivity index (χ4n) is 0.792. The molecule has 0 atom stereocenters. The SMILES string of the molecule is Cc1cc(C(Cl)(Cl)Cl)cc(Cl)n1. The molecule has 1 aromatic heterocycles. The molecule has 1 rings (SSSR count). The van der Waals surface area contributed by atoms with Crippen LogP contribution < -0.4 is 0 Å². The quantitative estimate of drug-likeness (QED) is 0.499. The lowest BCUT2D eigenvalue weighted by Gasteiger charge is -2.11. The summed E-state index contributed by atoms with van der Waals surface area (Å²) >= 11 is 22.6. The Balaban J connectivity index is 3.18. The van der Waals surface area contributed by atoms with Gasteiger partial charge in [0.25, 0.3) is 0 Å². The molecule has 0 N–H and O–H groups in total. The zero-order chi connectivity index (χ0) is 9.35. The molecule has 0 bridgehead atoms. The summed E-state index contributed by atoms with van der Waals surface area (Å²) < 4.78 is -1.43. The van der Waals surface area contributed by atoms with E-state index in [1.165, 1.54) is 6.07 Å². The second-order valence-electron chi connectivity index (χ2n) is 2.32. The first-order valence-electron chi connectivity index (χ1n) is 3.11. The molecule has 5 heteroatoms. The Bertz CT molecular complexity index is 272. The Kier molecular flexibility index (Phi) is 3.11. The maximum atomic E-state index is 5.67. The van der Waals surface area contributed by atoms with E-state index < -0.39 is 3.79 Å². The standard InChI is InChI=1S/C7H5Cl4N/c1-4-2-5(7(9,10)11)3-6(8)12-4/h2-3H,1H3. The molecule has 0 spiro atoms. The highest BCUT2D eigenvalue weighted by atomic mass is 35.6. The van der Waals surface area contributed by atoms with Gasteiger partial charge in [0.05, 0.1) is 0 Å². The molecule has 0 aliphatic carbocycles. The van der Waals surface area contributed by atoms with Crippen LogP contribution >= 0.6 is 46.4 Å². The van der Waals surface area contributed by atoms with Gasteiger partial charge in [-0.1, -0.05) is 46.4 Å². The Morgan fingerprint density at radius 3 is 2.25 bits per heavy atom. The van der Waals surface area contributed by atoms with Crippen molar-refractivity contribution in [1.82, 2.24) is 4.98 Å². The zero-order valence-electron chi connectivity index (χ0n) is 6.11. The van der Waals surface area contributed by atoms with Gasteiger partial charge in [0.1, 0.15) is 5.15 Å². The minimum absolute atomic E-state index is 0.330. The highest BCUT2D eigenvalue weighted by Gasteiger charge is 2.23. The smallest absolute Gasteiger partial charge is 0.216 e. The van der Waals surface area contributed by atoms with Crippen molar-refractivity contribution < 1.29 is 0 Å². The summed E-state index contributed by atoms with van der Waals surface area (Å²) in [6.07, 6.45) is 0. The molecule has 0 aliphatic rings. The molecule has 0 amide bonds. The van der Waals surface area contributed by atoms with Crippen LogP contribution in [0.2, 0.25) is 5.15 Å². The van der Waals surface area contributed by atoms with Crippen LogP contribution in [-0.4, -0.2) is 4.98 Å². The van der Waals surface area contributed by atoms with Crippen LogP contribution in [0.15, 0.2) is 12.1 Å². The maximum absolute atomic E-state index is 5.67. The predicted octanol–water partition coefficient (Wildman–Crippen LogP) is 3.87. The minimum Gasteiger partial charge on any atom is -0.241 e. The number of hydrogen-bond acceptors (Lipinski definition) is 1. The molecule has 0 radical (unpaired) electrons. The molecule has 1 nitrogen and oxygen atoms in total. The molecule has 0 saturated carbocycles. The molecule has 1 aromatic rings. The number of rotatable bonds is 0. The first-order chi connectivity index (χ1) is 5.39. The van der Waals surface area contributed by atoms with Crippen LogP contribution in [0.5, 0.6) is 0 Å². The molecular formula is C7H5Cl4N. The van der Waals surface area contributed by atoms with E-state index in [1.807, 2.05) is 0 Å². The third kappa shape index (κ3) is 2.67. The molecule has 0 fully saturated rings. The molecule has 12 heavy (non-hydrogen) atoms. The summed E-state index contributed by atoms with van der Waals surface area (Å²) in [5.41, 5.74) is 1.26. The Labute approximate surface area is 90.6 Å². The lowest BCUT2D eigenvalue weighted by Crippen LogP contribution is -2.01. The van der Waals surface area contributed by atoms with Gasteiger partial charge in [-0.2, -0.15) is 0 Å². The number of aromatic nitrogens is 1. The summed E-state index contributed by atoms with van der Waals surface area (Å²) in [5, 5.41) is 0.330. The van der Waals surface area contributed by atoms with Crippen LogP contribution in [0, 0.1) is 6.92 Å². The maximum Gasteiger partial charge on any atom is 0.216 e. The second-order valence-corrected chi connectivity index (χ2v) is 4.99. The van der Waals surface area contributed by atoms with Crippen LogP contribution in [0.1, 0.15) is 11.3 Å². The van der Waals surface area contributed by atoms with Crippen molar-refractivity contribution in [2.45, 2.75) is 10.7 Å². The van der Waals surface area contributed by atoms with Crippen molar-refractivity contribution >= 4 is 46.4 Å². The van der Waals surface area contributed by atoms with Gasteiger partial charge in [-0.25, -0.2) is 4.98 Å². The second kappa shape index (κ2) is 3.59. The summed E-state index contributed by atoms with van der Waals surface area (Å²) in [6.45, 7) is 1.78. The van der Waals surface area contributed by atoms with Crippen LogP contribution in [0.4, 0.5) is 0 Å². The van der Waals surface area contributed by atoms with Crippen molar-refractivity contribution in [3.63, 3.8) is 0 Å². The van der Waals surface area contributed by atoms with Gasteiger partial charge in [0, 0.05) is 11.3 Å². The monoisotopic (exact) mass is 243 g/mol. The summed E-state index contributed by atoms with van der Waals surface area (Å²) in [5.74, 6) is 0. The number of halogens is 4. The Morgan fingerprint density at radius 2 is 1.83 bits per heavy atom. The third-order valence-electron chi connectivity index (χ3n) is 1.25. The van der Waals surface area contributed by atoms with Gasteiger partial charge in [0.15, 0.2) is 0 Å². The normalized spacial score (nSPS) is 11.8. The fraction of sp³-hybridized carbons (Fsp3) is 0.286. The van der Waals surface area contributed by atoms with Gasteiger partial charge in [-0.05, 0) is 19.1 Å². The lowest BCUT2D eigenvalue weighted by atomic mass is 10.2. The third-order valence-corrected chi connectivity index (χ3v) is 2.10. The van der Waals surface area contributed by atoms with Crippen molar-refractivity contribution in [3.8, 4) is 0 Å². The van der Waals surface area contributed by atoms with E-state index in [0.717, 1.165) is 5.69 Å². The molecular weight excluding hydrogens is 240 g/mol. The van der Waals surface area contributed by atoms with Gasteiger partial charge in [0.2, 0.25) is 3.79 Å². The summed E-state index contributed by atoms with van der Waals surface area (Å²) in [4.78, 5) is 3.94. The molecule has 0 unspecified atom stereocenters. The van der Waals surface area contributed by atoms with Crippen molar-refractivity contribution in [3.05, 3.63) is 28.5 Å². The molecule has 0 saturated heterocycles. The minimum atomic E-state index is -1.43. The highest BCUT2D eigenvalue weighted by molar-refractivity contribution is 6.66. The molecule has 0 aromatic carbocycles. The number of hydrogen-bond donors (Lipinski definition) is 0. The fourth-order valence-corrected chi connectivity index (χ4v) is 1.37. The first-order valence-corrected chi connectivity index (χ1v) is 4.62. The predicted molar refractivity (Wildman–Crippen MR) is 53.2 cm³/mol. The van der Waals surface area contributed by atoms with Crippen LogP contribution in [-0.2, 0) is 3.79 Å². The molecule has 0 aliphatic heterocycles. The summed E-state index contributed by atoms with van der Waals surface area (Å²) in [6, 6.07) is 3.21. The zero-order valence-corrected chi connectivity index (χ0v) is 9.14. The van der Waals surface area contributed by atoms with E-state index in [0.29, 0.717) is 10.7 Å². The van der Waals surface area contributed by atoms with E-state index in [1.54, 1.807) is 13.0 Å². The van der Waals surface area contributed by atoms with Gasteiger partial charge in [-0.15, -0.1) is 0 Å². The molecule has 1 heterocycles. The topological polar surface area (TPSA) is 12.9 Å². The molecule has 66 valence electrons. The highest BCUT2D eigenvalue weighted by Crippen LogP contribution is 2.38.